The molecule has 0 aromatic rings. The first-order valence-electron chi connectivity index (χ1n) is 9.98. The fourth-order valence-electron chi connectivity index (χ4n) is 5.18. The Balaban J connectivity index is 1.25. The molecule has 4 fully saturated rings. The van der Waals surface area contributed by atoms with Crippen molar-refractivity contribution in [2.75, 3.05) is 26.2 Å². The van der Waals surface area contributed by atoms with Gasteiger partial charge in [0.1, 0.15) is 0 Å². The smallest absolute Gasteiger partial charge is 0.225 e. The largest absolute Gasteiger partial charge is 0.351 e. The molecule has 2 unspecified atom stereocenters. The zero-order valence-electron chi connectivity index (χ0n) is 14.7. The van der Waals surface area contributed by atoms with Crippen LogP contribution in [0.3, 0.4) is 0 Å². The van der Waals surface area contributed by atoms with Crippen molar-refractivity contribution < 1.29 is 9.59 Å². The lowest BCUT2D eigenvalue weighted by Crippen LogP contribution is -2.42. The summed E-state index contributed by atoms with van der Waals surface area (Å²) in [5.74, 6) is 1.05. The Labute approximate surface area is 144 Å². The molecule has 2 saturated heterocycles. The van der Waals surface area contributed by atoms with E-state index in [-0.39, 0.29) is 23.8 Å². The molecule has 4 aliphatic rings. The molecule has 0 aromatic heterocycles. The van der Waals surface area contributed by atoms with Gasteiger partial charge in [-0.2, -0.15) is 0 Å². The van der Waals surface area contributed by atoms with Crippen molar-refractivity contribution in [1.82, 2.24) is 15.5 Å². The summed E-state index contributed by atoms with van der Waals surface area (Å²) in [6, 6.07) is 0.171. The number of nitrogens with one attached hydrogen (secondary N) is 2. The number of rotatable bonds is 3. The van der Waals surface area contributed by atoms with Gasteiger partial charge in [-0.1, -0.05) is 19.3 Å². The zero-order chi connectivity index (χ0) is 16.6. The van der Waals surface area contributed by atoms with Gasteiger partial charge in [-0.05, 0) is 57.0 Å². The van der Waals surface area contributed by atoms with E-state index in [9.17, 15) is 9.59 Å². The van der Waals surface area contributed by atoms with Crippen molar-refractivity contribution in [3.8, 4) is 0 Å². The van der Waals surface area contributed by atoms with Gasteiger partial charge in [0.05, 0.1) is 0 Å². The third-order valence-corrected chi connectivity index (χ3v) is 6.91. The highest BCUT2D eigenvalue weighted by molar-refractivity contribution is 5.83. The summed E-state index contributed by atoms with van der Waals surface area (Å²) in [5, 5.41) is 6.63. The fourth-order valence-corrected chi connectivity index (χ4v) is 5.18. The normalized spacial score (nSPS) is 32.8. The molecule has 2 N–H and O–H groups in total. The van der Waals surface area contributed by atoms with E-state index in [1.54, 1.807) is 0 Å². The number of hydrogen-bond donors (Lipinski definition) is 2. The molecule has 2 atom stereocenters. The number of amides is 2. The van der Waals surface area contributed by atoms with Gasteiger partial charge in [-0.15, -0.1) is 0 Å². The molecule has 0 radical (unpaired) electrons. The van der Waals surface area contributed by atoms with Gasteiger partial charge in [-0.3, -0.25) is 9.59 Å². The minimum atomic E-state index is 0.171. The SMILES string of the molecule is O=C(NC1CCN(C(=O)C2CCCCC2)C1)C1CC12CCNCC2. The van der Waals surface area contributed by atoms with E-state index in [2.05, 4.69) is 10.6 Å². The van der Waals surface area contributed by atoms with Gasteiger partial charge >= 0.3 is 0 Å². The second-order valence-corrected chi connectivity index (χ2v) is 8.48. The van der Waals surface area contributed by atoms with Crippen LogP contribution in [0.15, 0.2) is 0 Å². The predicted molar refractivity (Wildman–Crippen MR) is 92.3 cm³/mol. The van der Waals surface area contributed by atoms with E-state index in [0.29, 0.717) is 11.3 Å². The highest BCUT2D eigenvalue weighted by Crippen LogP contribution is 2.58. The lowest BCUT2D eigenvalue weighted by atomic mass is 9.88. The second kappa shape index (κ2) is 6.66. The van der Waals surface area contributed by atoms with E-state index in [4.69, 9.17) is 0 Å². The summed E-state index contributed by atoms with van der Waals surface area (Å²) in [4.78, 5) is 27.2. The summed E-state index contributed by atoms with van der Waals surface area (Å²) in [7, 11) is 0. The average Bonchev–Trinajstić information content (AvgIpc) is 3.11. The maximum absolute atomic E-state index is 12.6. The van der Waals surface area contributed by atoms with Gasteiger partial charge in [0.15, 0.2) is 0 Å². The Kier molecular flexibility index (Phi) is 4.54. The van der Waals surface area contributed by atoms with Gasteiger partial charge < -0.3 is 15.5 Å². The minimum absolute atomic E-state index is 0.171. The molecule has 24 heavy (non-hydrogen) atoms. The Bertz CT molecular complexity index is 495. The van der Waals surface area contributed by atoms with Crippen molar-refractivity contribution in [2.45, 2.75) is 63.8 Å². The molecule has 2 aliphatic heterocycles. The molecule has 2 amide bonds. The van der Waals surface area contributed by atoms with Crippen LogP contribution in [0, 0.1) is 17.3 Å². The van der Waals surface area contributed by atoms with Gasteiger partial charge in [0, 0.05) is 31.0 Å². The third-order valence-electron chi connectivity index (χ3n) is 6.91. The van der Waals surface area contributed by atoms with Crippen LogP contribution in [0.1, 0.15) is 57.8 Å². The van der Waals surface area contributed by atoms with E-state index < -0.39 is 0 Å². The van der Waals surface area contributed by atoms with Crippen molar-refractivity contribution in [3.63, 3.8) is 0 Å². The lowest BCUT2D eigenvalue weighted by molar-refractivity contribution is -0.135. The van der Waals surface area contributed by atoms with Gasteiger partial charge in [0.2, 0.25) is 11.8 Å². The highest BCUT2D eigenvalue weighted by atomic mass is 16.2. The maximum atomic E-state index is 12.6. The van der Waals surface area contributed by atoms with Crippen molar-refractivity contribution in [1.29, 1.82) is 0 Å². The molecule has 4 rings (SSSR count). The first kappa shape index (κ1) is 16.4. The molecule has 0 bridgehead atoms. The fraction of sp³-hybridized carbons (Fsp3) is 0.895. The van der Waals surface area contributed by atoms with Crippen LogP contribution in [0.2, 0.25) is 0 Å². The van der Waals surface area contributed by atoms with E-state index >= 15 is 0 Å². The molecule has 2 saturated carbocycles. The van der Waals surface area contributed by atoms with Crippen molar-refractivity contribution >= 4 is 11.8 Å². The van der Waals surface area contributed by atoms with Crippen LogP contribution >= 0.6 is 0 Å². The summed E-state index contributed by atoms with van der Waals surface area (Å²) < 4.78 is 0. The zero-order valence-corrected chi connectivity index (χ0v) is 14.7. The highest BCUT2D eigenvalue weighted by Gasteiger charge is 2.57. The van der Waals surface area contributed by atoms with E-state index in [0.717, 1.165) is 64.7 Å². The Hall–Kier alpha value is -1.10. The molecular weight excluding hydrogens is 302 g/mol. The third kappa shape index (κ3) is 3.19. The number of likely N-dealkylation sites (tertiary alicyclic amines) is 1. The van der Waals surface area contributed by atoms with E-state index in [1.165, 1.54) is 19.3 Å². The molecule has 0 aromatic carbocycles. The van der Waals surface area contributed by atoms with Crippen molar-refractivity contribution in [2.24, 2.45) is 17.3 Å². The topological polar surface area (TPSA) is 61.4 Å². The standard InChI is InChI=1S/C19H31N3O2/c23-17(16-12-19(16)7-9-20-10-8-19)21-15-6-11-22(13-15)18(24)14-4-2-1-3-5-14/h14-16,20H,1-13H2,(H,21,23). The summed E-state index contributed by atoms with van der Waals surface area (Å²) in [6.45, 7) is 3.65. The number of carbonyl (C=O) groups is 2. The van der Waals surface area contributed by atoms with Crippen LogP contribution in [-0.2, 0) is 9.59 Å². The predicted octanol–water partition coefficient (Wildman–Crippen LogP) is 1.67. The number of hydrogen-bond acceptors (Lipinski definition) is 3. The number of piperidine rings is 1. The summed E-state index contributed by atoms with van der Waals surface area (Å²) in [6.07, 6.45) is 10.1. The van der Waals surface area contributed by atoms with Crippen molar-refractivity contribution in [3.05, 3.63) is 0 Å². The summed E-state index contributed by atoms with van der Waals surface area (Å²) >= 11 is 0. The molecule has 1 spiro atoms. The molecule has 5 heteroatoms. The number of nitrogens with zero attached hydrogens (tertiary/aromatic N) is 1. The Morgan fingerprint density at radius 1 is 1.04 bits per heavy atom. The van der Waals surface area contributed by atoms with Crippen LogP contribution in [-0.4, -0.2) is 48.9 Å². The minimum Gasteiger partial charge on any atom is -0.351 e. The molecule has 5 nitrogen and oxygen atoms in total. The molecule has 2 heterocycles. The Morgan fingerprint density at radius 3 is 2.54 bits per heavy atom. The van der Waals surface area contributed by atoms with Crippen LogP contribution in [0.25, 0.3) is 0 Å². The molecule has 2 aliphatic carbocycles. The van der Waals surface area contributed by atoms with Crippen LogP contribution < -0.4 is 10.6 Å². The molecule has 134 valence electrons. The maximum Gasteiger partial charge on any atom is 0.225 e. The quantitative estimate of drug-likeness (QED) is 0.826. The molecular formula is C19H31N3O2. The monoisotopic (exact) mass is 333 g/mol. The lowest BCUT2D eigenvalue weighted by Gasteiger charge is -2.26. The van der Waals surface area contributed by atoms with E-state index in [1.807, 2.05) is 4.90 Å². The Morgan fingerprint density at radius 2 is 1.79 bits per heavy atom. The van der Waals surface area contributed by atoms with Crippen LogP contribution in [0.4, 0.5) is 0 Å². The first-order valence-corrected chi connectivity index (χ1v) is 9.98. The first-order chi connectivity index (χ1) is 11.7. The average molecular weight is 333 g/mol. The van der Waals surface area contributed by atoms with Gasteiger partial charge in [-0.25, -0.2) is 0 Å². The summed E-state index contributed by atoms with van der Waals surface area (Å²) in [5.41, 5.74) is 0.297. The second-order valence-electron chi connectivity index (χ2n) is 8.48. The van der Waals surface area contributed by atoms with Gasteiger partial charge in [0.25, 0.3) is 0 Å². The number of carbonyl (C=O) groups excluding carboxylic acids is 2. The van der Waals surface area contributed by atoms with Crippen LogP contribution in [0.5, 0.6) is 0 Å².